The highest BCUT2D eigenvalue weighted by atomic mass is 15.0. The minimum Gasteiger partial charge on any atom is -0.309 e. The number of fused-ring (bicyclic) bond motifs is 6. The SMILES string of the molecule is N#Cc1ccc(-c2c(-c3ccc4c(c3)c3ccccc3n4-c3ccccc3)ccc3c2c2ccccc2n3-c2ccccc2)cc1C#N. The number of rotatable bonds is 4. The fraction of sp³-hybridized carbons (Fsp3) is 0. The van der Waals surface area contributed by atoms with E-state index in [-0.39, 0.29) is 0 Å². The van der Waals surface area contributed by atoms with Crippen LogP contribution < -0.4 is 0 Å². The van der Waals surface area contributed by atoms with Gasteiger partial charge >= 0.3 is 0 Å². The Bertz CT molecular complexity index is 2790. The first-order chi connectivity index (χ1) is 23.7. The van der Waals surface area contributed by atoms with E-state index >= 15 is 0 Å². The lowest BCUT2D eigenvalue weighted by atomic mass is 9.89. The summed E-state index contributed by atoms with van der Waals surface area (Å²) in [6.45, 7) is 0. The van der Waals surface area contributed by atoms with Crippen LogP contribution in [-0.2, 0) is 0 Å². The van der Waals surface area contributed by atoms with Gasteiger partial charge in [0.1, 0.15) is 12.1 Å². The molecule has 2 heterocycles. The van der Waals surface area contributed by atoms with Gasteiger partial charge in [0.05, 0.1) is 33.2 Å². The van der Waals surface area contributed by atoms with E-state index in [0.717, 1.165) is 66.5 Å². The van der Waals surface area contributed by atoms with Crippen LogP contribution in [0, 0.1) is 22.7 Å². The lowest BCUT2D eigenvalue weighted by molar-refractivity contribution is 1.18. The second kappa shape index (κ2) is 10.9. The summed E-state index contributed by atoms with van der Waals surface area (Å²) in [6.07, 6.45) is 0. The molecule has 0 aliphatic carbocycles. The standard InChI is InChI=1S/C44H26N4/c45-27-31-20-19-30(25-32(31)28-46)43-35(22-24-42-44(43)37-16-8-10-18-40(37)48(42)34-13-5-2-6-14-34)29-21-23-41-38(26-29)36-15-7-9-17-39(36)47(41)33-11-3-1-4-12-33/h1-26H. The molecule has 0 radical (unpaired) electrons. The third-order valence-electron chi connectivity index (χ3n) is 9.40. The molecule has 7 aromatic carbocycles. The molecule has 2 aromatic heterocycles. The van der Waals surface area contributed by atoms with Crippen molar-refractivity contribution in [1.82, 2.24) is 9.13 Å². The van der Waals surface area contributed by atoms with E-state index in [9.17, 15) is 10.5 Å². The van der Waals surface area contributed by atoms with Gasteiger partial charge in [-0.15, -0.1) is 0 Å². The van der Waals surface area contributed by atoms with Gasteiger partial charge in [0, 0.05) is 32.9 Å². The smallest absolute Gasteiger partial charge is 0.101 e. The quantitative estimate of drug-likeness (QED) is 0.199. The molecule has 0 amide bonds. The van der Waals surface area contributed by atoms with Crippen LogP contribution in [0.15, 0.2) is 158 Å². The van der Waals surface area contributed by atoms with Gasteiger partial charge in [-0.3, -0.25) is 0 Å². The van der Waals surface area contributed by atoms with Crippen molar-refractivity contribution in [3.05, 3.63) is 169 Å². The summed E-state index contributed by atoms with van der Waals surface area (Å²) >= 11 is 0. The molecular weight excluding hydrogens is 585 g/mol. The Kier molecular flexibility index (Phi) is 6.22. The lowest BCUT2D eigenvalue weighted by Gasteiger charge is -2.15. The molecule has 222 valence electrons. The molecule has 0 bridgehead atoms. The maximum atomic E-state index is 10.1. The topological polar surface area (TPSA) is 57.4 Å². The second-order valence-electron chi connectivity index (χ2n) is 12.0. The Morgan fingerprint density at radius 3 is 1.62 bits per heavy atom. The number of hydrogen-bond acceptors (Lipinski definition) is 2. The fourth-order valence-corrected chi connectivity index (χ4v) is 7.34. The van der Waals surface area contributed by atoms with E-state index < -0.39 is 0 Å². The number of hydrogen-bond donors (Lipinski definition) is 0. The highest BCUT2D eigenvalue weighted by molar-refractivity contribution is 6.19. The monoisotopic (exact) mass is 610 g/mol. The average Bonchev–Trinajstić information content (AvgIpc) is 3.67. The van der Waals surface area contributed by atoms with Gasteiger partial charge in [0.25, 0.3) is 0 Å². The van der Waals surface area contributed by atoms with Gasteiger partial charge in [0.15, 0.2) is 0 Å². The Balaban J connectivity index is 1.40. The van der Waals surface area contributed by atoms with Crippen molar-refractivity contribution in [3.63, 3.8) is 0 Å². The Labute approximate surface area is 277 Å². The van der Waals surface area contributed by atoms with E-state index in [1.165, 1.54) is 10.8 Å². The van der Waals surface area contributed by atoms with Crippen molar-refractivity contribution >= 4 is 43.6 Å². The minimum absolute atomic E-state index is 0.367. The molecule has 9 rings (SSSR count). The zero-order valence-corrected chi connectivity index (χ0v) is 25.8. The number of aromatic nitrogens is 2. The predicted molar refractivity (Wildman–Crippen MR) is 195 cm³/mol. The third-order valence-corrected chi connectivity index (χ3v) is 9.40. The molecule has 0 aliphatic heterocycles. The second-order valence-corrected chi connectivity index (χ2v) is 12.0. The summed E-state index contributed by atoms with van der Waals surface area (Å²) in [5.41, 5.74) is 11.5. The normalized spacial score (nSPS) is 11.3. The van der Waals surface area contributed by atoms with Gasteiger partial charge in [-0.1, -0.05) is 91.0 Å². The maximum absolute atomic E-state index is 10.1. The van der Waals surface area contributed by atoms with Crippen molar-refractivity contribution in [2.45, 2.75) is 0 Å². The van der Waals surface area contributed by atoms with Gasteiger partial charge in [-0.2, -0.15) is 10.5 Å². The van der Waals surface area contributed by atoms with Crippen LogP contribution in [0.2, 0.25) is 0 Å². The molecule has 4 heteroatoms. The fourth-order valence-electron chi connectivity index (χ4n) is 7.34. The van der Waals surface area contributed by atoms with Crippen molar-refractivity contribution in [2.24, 2.45) is 0 Å². The average molecular weight is 611 g/mol. The molecule has 4 nitrogen and oxygen atoms in total. The maximum Gasteiger partial charge on any atom is 0.101 e. The number of benzene rings is 7. The summed E-state index contributed by atoms with van der Waals surface area (Å²) in [7, 11) is 0. The van der Waals surface area contributed by atoms with Crippen LogP contribution in [0.25, 0.3) is 77.2 Å². The van der Waals surface area contributed by atoms with Gasteiger partial charge in [-0.25, -0.2) is 0 Å². The third kappa shape index (κ3) is 4.07. The number of nitrogens with zero attached hydrogens (tertiary/aromatic N) is 4. The van der Waals surface area contributed by atoms with Crippen LogP contribution in [0.4, 0.5) is 0 Å². The highest BCUT2D eigenvalue weighted by Crippen LogP contribution is 2.45. The Morgan fingerprint density at radius 2 is 0.938 bits per heavy atom. The summed E-state index contributed by atoms with van der Waals surface area (Å²) < 4.78 is 4.63. The molecular formula is C44H26N4. The lowest BCUT2D eigenvalue weighted by Crippen LogP contribution is -1.95. The Hall–Kier alpha value is -6.88. The molecule has 0 aliphatic rings. The Morgan fingerprint density at radius 1 is 0.396 bits per heavy atom. The number of nitriles is 2. The van der Waals surface area contributed by atoms with Crippen LogP contribution in [0.1, 0.15) is 11.1 Å². The summed E-state index contributed by atoms with van der Waals surface area (Å²) in [5, 5.41) is 24.4. The molecule has 0 saturated carbocycles. The molecule has 0 unspecified atom stereocenters. The molecule has 0 spiro atoms. The summed E-state index contributed by atoms with van der Waals surface area (Å²) in [6, 6.07) is 59.2. The zero-order chi connectivity index (χ0) is 32.2. The number of para-hydroxylation sites is 4. The van der Waals surface area contributed by atoms with Crippen molar-refractivity contribution < 1.29 is 0 Å². The van der Waals surface area contributed by atoms with E-state index in [2.05, 4.69) is 149 Å². The van der Waals surface area contributed by atoms with Crippen LogP contribution >= 0.6 is 0 Å². The molecule has 9 aromatic rings. The first-order valence-corrected chi connectivity index (χ1v) is 15.9. The first-order valence-electron chi connectivity index (χ1n) is 15.9. The van der Waals surface area contributed by atoms with Crippen molar-refractivity contribution in [3.8, 4) is 45.8 Å². The van der Waals surface area contributed by atoms with Gasteiger partial charge in [-0.05, 0) is 89.0 Å². The highest BCUT2D eigenvalue weighted by Gasteiger charge is 2.21. The van der Waals surface area contributed by atoms with E-state index in [1.54, 1.807) is 6.07 Å². The summed E-state index contributed by atoms with van der Waals surface area (Å²) in [4.78, 5) is 0. The van der Waals surface area contributed by atoms with Crippen LogP contribution in [0.3, 0.4) is 0 Å². The minimum atomic E-state index is 0.367. The first kappa shape index (κ1) is 27.4. The predicted octanol–water partition coefficient (Wildman–Crippen LogP) is 11.0. The van der Waals surface area contributed by atoms with Crippen molar-refractivity contribution in [2.75, 3.05) is 0 Å². The van der Waals surface area contributed by atoms with E-state index in [0.29, 0.717) is 11.1 Å². The summed E-state index contributed by atoms with van der Waals surface area (Å²) in [5.74, 6) is 0. The van der Waals surface area contributed by atoms with Crippen LogP contribution in [-0.4, -0.2) is 9.13 Å². The van der Waals surface area contributed by atoms with Gasteiger partial charge in [0.2, 0.25) is 0 Å². The van der Waals surface area contributed by atoms with Gasteiger partial charge < -0.3 is 9.13 Å². The zero-order valence-electron chi connectivity index (χ0n) is 25.8. The van der Waals surface area contributed by atoms with Crippen LogP contribution in [0.5, 0.6) is 0 Å². The molecule has 0 saturated heterocycles. The molecule has 48 heavy (non-hydrogen) atoms. The van der Waals surface area contributed by atoms with Crippen molar-refractivity contribution in [1.29, 1.82) is 10.5 Å². The van der Waals surface area contributed by atoms with E-state index in [4.69, 9.17) is 0 Å². The molecule has 0 fully saturated rings. The molecule has 0 N–H and O–H groups in total. The largest absolute Gasteiger partial charge is 0.309 e. The van der Waals surface area contributed by atoms with E-state index in [1.807, 2.05) is 24.3 Å². The molecule has 0 atom stereocenters.